The normalized spacial score (nSPS) is 14.1. The highest BCUT2D eigenvalue weighted by Gasteiger charge is 2.39. The standard InChI is InChI=1S/C12H6ClFN2O2S/c13-7-1-2-8(14)10-9(7)11(17)12(18)16(10)4-6-3-15-5-19-6/h1-3,5H,4H2. The highest BCUT2D eigenvalue weighted by Crippen LogP contribution is 2.37. The van der Waals surface area contributed by atoms with E-state index < -0.39 is 17.5 Å². The summed E-state index contributed by atoms with van der Waals surface area (Å²) in [5.41, 5.74) is 1.50. The van der Waals surface area contributed by atoms with Crippen LogP contribution in [0.1, 0.15) is 15.2 Å². The van der Waals surface area contributed by atoms with E-state index in [1.807, 2.05) is 0 Å². The lowest BCUT2D eigenvalue weighted by atomic mass is 10.1. The van der Waals surface area contributed by atoms with E-state index in [4.69, 9.17) is 11.6 Å². The van der Waals surface area contributed by atoms with E-state index in [1.54, 1.807) is 11.7 Å². The lowest BCUT2D eigenvalue weighted by molar-refractivity contribution is -0.114. The summed E-state index contributed by atoms with van der Waals surface area (Å²) >= 11 is 7.20. The Morgan fingerprint density at radius 2 is 2.16 bits per heavy atom. The van der Waals surface area contributed by atoms with Crippen molar-refractivity contribution in [2.75, 3.05) is 4.90 Å². The molecule has 3 rings (SSSR count). The molecule has 0 saturated carbocycles. The van der Waals surface area contributed by atoms with Crippen molar-refractivity contribution in [2.45, 2.75) is 6.54 Å². The van der Waals surface area contributed by atoms with Crippen molar-refractivity contribution >= 4 is 40.3 Å². The van der Waals surface area contributed by atoms with Crippen LogP contribution in [-0.4, -0.2) is 16.7 Å². The van der Waals surface area contributed by atoms with E-state index in [2.05, 4.69) is 4.98 Å². The van der Waals surface area contributed by atoms with Crippen LogP contribution >= 0.6 is 22.9 Å². The van der Waals surface area contributed by atoms with Crippen molar-refractivity contribution in [1.29, 1.82) is 0 Å². The average molecular weight is 297 g/mol. The third kappa shape index (κ3) is 1.84. The molecule has 0 radical (unpaired) electrons. The molecule has 96 valence electrons. The maximum Gasteiger partial charge on any atom is 0.299 e. The van der Waals surface area contributed by atoms with Crippen LogP contribution in [-0.2, 0) is 11.3 Å². The van der Waals surface area contributed by atoms with Gasteiger partial charge in [-0.05, 0) is 12.1 Å². The number of rotatable bonds is 2. The molecule has 2 aromatic rings. The van der Waals surface area contributed by atoms with Gasteiger partial charge in [0.2, 0.25) is 0 Å². The second kappa shape index (κ2) is 4.40. The number of benzene rings is 1. The molecule has 1 aromatic heterocycles. The first-order valence-corrected chi connectivity index (χ1v) is 6.57. The first-order valence-electron chi connectivity index (χ1n) is 5.31. The molecule has 0 atom stereocenters. The van der Waals surface area contributed by atoms with Gasteiger partial charge in [0.05, 0.1) is 28.3 Å². The van der Waals surface area contributed by atoms with Crippen molar-refractivity contribution in [3.8, 4) is 0 Å². The molecule has 0 bridgehead atoms. The summed E-state index contributed by atoms with van der Waals surface area (Å²) in [5, 5.41) is 0.0848. The van der Waals surface area contributed by atoms with Gasteiger partial charge in [-0.3, -0.25) is 19.5 Å². The molecular formula is C12H6ClFN2O2S. The number of nitrogens with zero attached hydrogens (tertiary/aromatic N) is 2. The SMILES string of the molecule is O=C1C(=O)N(Cc2cncs2)c2c(F)ccc(Cl)c21. The first kappa shape index (κ1) is 12.3. The number of carbonyl (C=O) groups excluding carboxylic acids is 2. The minimum Gasteiger partial charge on any atom is -0.297 e. The van der Waals surface area contributed by atoms with Crippen LogP contribution in [0.3, 0.4) is 0 Å². The van der Waals surface area contributed by atoms with Crippen LogP contribution in [0.15, 0.2) is 23.8 Å². The number of aromatic nitrogens is 1. The summed E-state index contributed by atoms with van der Waals surface area (Å²) in [6.45, 7) is 0.111. The predicted molar refractivity (Wildman–Crippen MR) is 69.0 cm³/mol. The predicted octanol–water partition coefficient (Wildman–Crippen LogP) is 2.67. The molecule has 7 heteroatoms. The van der Waals surface area contributed by atoms with Crippen LogP contribution in [0.5, 0.6) is 0 Å². The van der Waals surface area contributed by atoms with Crippen LogP contribution in [0.25, 0.3) is 0 Å². The average Bonchev–Trinajstić information content (AvgIpc) is 2.97. The number of ketones is 1. The number of Topliss-reactive ketones (excluding diaryl/α,β-unsaturated/α-hetero) is 1. The summed E-state index contributed by atoms with van der Waals surface area (Å²) in [7, 11) is 0. The molecule has 19 heavy (non-hydrogen) atoms. The lowest BCUT2D eigenvalue weighted by Gasteiger charge is -2.15. The monoisotopic (exact) mass is 296 g/mol. The smallest absolute Gasteiger partial charge is 0.297 e. The molecule has 1 aliphatic rings. The van der Waals surface area contributed by atoms with Crippen molar-refractivity contribution in [2.24, 2.45) is 0 Å². The zero-order chi connectivity index (χ0) is 13.6. The summed E-state index contributed by atoms with van der Waals surface area (Å²) < 4.78 is 13.9. The Hall–Kier alpha value is -1.79. The number of halogens is 2. The van der Waals surface area contributed by atoms with Gasteiger partial charge in [-0.2, -0.15) is 0 Å². The van der Waals surface area contributed by atoms with Gasteiger partial charge in [-0.15, -0.1) is 11.3 Å². The topological polar surface area (TPSA) is 50.3 Å². The van der Waals surface area contributed by atoms with Gasteiger partial charge in [-0.1, -0.05) is 11.6 Å². The second-order valence-electron chi connectivity index (χ2n) is 3.94. The number of amides is 1. The van der Waals surface area contributed by atoms with E-state index in [0.717, 1.165) is 15.8 Å². The van der Waals surface area contributed by atoms with Gasteiger partial charge in [0.1, 0.15) is 5.82 Å². The molecule has 0 fully saturated rings. The van der Waals surface area contributed by atoms with Gasteiger partial charge < -0.3 is 0 Å². The fraction of sp³-hybridized carbons (Fsp3) is 0.0833. The molecule has 0 aliphatic carbocycles. The largest absolute Gasteiger partial charge is 0.299 e. The third-order valence-electron chi connectivity index (χ3n) is 2.81. The van der Waals surface area contributed by atoms with Gasteiger partial charge in [0.25, 0.3) is 11.7 Å². The summed E-state index contributed by atoms with van der Waals surface area (Å²) in [6, 6.07) is 2.42. The van der Waals surface area contributed by atoms with Gasteiger partial charge in [0.15, 0.2) is 0 Å². The van der Waals surface area contributed by atoms with E-state index >= 15 is 0 Å². The Balaban J connectivity index is 2.12. The maximum atomic E-state index is 13.9. The number of hydrogen-bond donors (Lipinski definition) is 0. The van der Waals surface area contributed by atoms with Crippen LogP contribution in [0.2, 0.25) is 5.02 Å². The molecule has 1 aromatic carbocycles. The summed E-state index contributed by atoms with van der Waals surface area (Å²) in [4.78, 5) is 29.5. The molecule has 1 aliphatic heterocycles. The maximum absolute atomic E-state index is 13.9. The number of thiazole rings is 1. The third-order valence-corrected chi connectivity index (χ3v) is 3.89. The number of anilines is 1. The second-order valence-corrected chi connectivity index (χ2v) is 5.32. The van der Waals surface area contributed by atoms with E-state index in [9.17, 15) is 14.0 Å². The molecule has 1 amide bonds. The molecule has 4 nitrogen and oxygen atoms in total. The highest BCUT2D eigenvalue weighted by atomic mass is 35.5. The summed E-state index contributed by atoms with van der Waals surface area (Å²) in [6.07, 6.45) is 1.57. The van der Waals surface area contributed by atoms with E-state index in [1.165, 1.54) is 17.4 Å². The van der Waals surface area contributed by atoms with Crippen molar-refractivity contribution in [1.82, 2.24) is 4.98 Å². The lowest BCUT2D eigenvalue weighted by Crippen LogP contribution is -2.29. The molecule has 0 N–H and O–H groups in total. The Morgan fingerprint density at radius 3 is 2.84 bits per heavy atom. The van der Waals surface area contributed by atoms with Crippen molar-refractivity contribution in [3.63, 3.8) is 0 Å². The zero-order valence-electron chi connectivity index (χ0n) is 9.39. The van der Waals surface area contributed by atoms with Crippen molar-refractivity contribution in [3.05, 3.63) is 45.1 Å². The number of carbonyl (C=O) groups is 2. The minimum absolute atomic E-state index is 0.0455. The molecule has 2 heterocycles. The Bertz CT molecular complexity index is 687. The van der Waals surface area contributed by atoms with Crippen LogP contribution in [0.4, 0.5) is 10.1 Å². The zero-order valence-corrected chi connectivity index (χ0v) is 11.0. The molecular weight excluding hydrogens is 291 g/mol. The Labute approximate surface area is 116 Å². The quantitative estimate of drug-likeness (QED) is 0.801. The summed E-state index contributed by atoms with van der Waals surface area (Å²) in [5.74, 6) is -2.18. The fourth-order valence-electron chi connectivity index (χ4n) is 1.98. The van der Waals surface area contributed by atoms with Gasteiger partial charge in [0, 0.05) is 11.1 Å². The minimum atomic E-state index is -0.774. The Morgan fingerprint density at radius 1 is 1.37 bits per heavy atom. The first-order chi connectivity index (χ1) is 9.09. The number of fused-ring (bicyclic) bond motifs is 1. The Kier molecular flexibility index (Phi) is 2.83. The van der Waals surface area contributed by atoms with Gasteiger partial charge in [-0.25, -0.2) is 4.39 Å². The van der Waals surface area contributed by atoms with Crippen LogP contribution in [0, 0.1) is 5.82 Å². The highest BCUT2D eigenvalue weighted by molar-refractivity contribution is 7.09. The van der Waals surface area contributed by atoms with Crippen molar-refractivity contribution < 1.29 is 14.0 Å². The molecule has 0 saturated heterocycles. The van der Waals surface area contributed by atoms with E-state index in [0.29, 0.717) is 0 Å². The molecule has 0 unspecified atom stereocenters. The van der Waals surface area contributed by atoms with Crippen LogP contribution < -0.4 is 4.90 Å². The van der Waals surface area contributed by atoms with E-state index in [-0.39, 0.29) is 22.8 Å². The number of hydrogen-bond acceptors (Lipinski definition) is 4. The van der Waals surface area contributed by atoms with Gasteiger partial charge >= 0.3 is 0 Å². The fourth-order valence-corrected chi connectivity index (χ4v) is 2.80. The molecule has 0 spiro atoms.